The van der Waals surface area contributed by atoms with E-state index in [4.69, 9.17) is 5.73 Å². The van der Waals surface area contributed by atoms with Crippen molar-refractivity contribution in [2.75, 3.05) is 5.32 Å². The average molecular weight is 200 g/mol. The smallest absolute Gasteiger partial charge is 0.148 e. The molecule has 1 heterocycles. The van der Waals surface area contributed by atoms with Crippen LogP contribution in [0.5, 0.6) is 0 Å². The molecule has 4 nitrogen and oxygen atoms in total. The molecule has 15 heavy (non-hydrogen) atoms. The normalized spacial score (nSPS) is 9.93. The number of benzene rings is 1. The highest BCUT2D eigenvalue weighted by Gasteiger charge is 1.96. The second kappa shape index (κ2) is 4.52. The maximum absolute atomic E-state index is 5.43. The Kier molecular flexibility index (Phi) is 2.90. The highest BCUT2D eigenvalue weighted by atomic mass is 15.0. The van der Waals surface area contributed by atoms with Gasteiger partial charge in [0.1, 0.15) is 5.82 Å². The molecule has 0 radical (unpaired) electrons. The summed E-state index contributed by atoms with van der Waals surface area (Å²) in [5.74, 6) is 0.721. The van der Waals surface area contributed by atoms with E-state index in [9.17, 15) is 0 Å². The van der Waals surface area contributed by atoms with Gasteiger partial charge in [-0.25, -0.2) is 4.98 Å². The molecule has 2 aromatic rings. The lowest BCUT2D eigenvalue weighted by molar-refractivity contribution is 0.965. The molecule has 0 bridgehead atoms. The van der Waals surface area contributed by atoms with Crippen LogP contribution in [0.15, 0.2) is 42.7 Å². The van der Waals surface area contributed by atoms with Crippen LogP contribution in [-0.2, 0) is 6.54 Å². The standard InChI is InChI=1S/C11H12N4/c12-6-10-7-14-11(8-13-10)15-9-4-2-1-3-5-9/h1-5,7-8H,6,12H2,(H,14,15). The summed E-state index contributed by atoms with van der Waals surface area (Å²) >= 11 is 0. The quantitative estimate of drug-likeness (QED) is 0.791. The Morgan fingerprint density at radius 1 is 1.07 bits per heavy atom. The topological polar surface area (TPSA) is 63.8 Å². The van der Waals surface area contributed by atoms with E-state index in [1.807, 2.05) is 30.3 Å². The number of nitrogens with one attached hydrogen (secondary N) is 1. The summed E-state index contributed by atoms with van der Waals surface area (Å²) in [5, 5.41) is 3.14. The molecule has 0 spiro atoms. The second-order valence-corrected chi connectivity index (χ2v) is 3.09. The Labute approximate surface area is 88.2 Å². The Hall–Kier alpha value is -1.94. The lowest BCUT2D eigenvalue weighted by atomic mass is 10.3. The number of anilines is 2. The first-order chi connectivity index (χ1) is 7.38. The Morgan fingerprint density at radius 3 is 2.47 bits per heavy atom. The predicted octanol–water partition coefficient (Wildman–Crippen LogP) is 1.68. The summed E-state index contributed by atoms with van der Waals surface area (Å²) < 4.78 is 0. The van der Waals surface area contributed by atoms with Crippen LogP contribution < -0.4 is 11.1 Å². The third-order valence-electron chi connectivity index (χ3n) is 1.96. The zero-order chi connectivity index (χ0) is 10.5. The van der Waals surface area contributed by atoms with Crippen molar-refractivity contribution in [3.8, 4) is 0 Å². The number of rotatable bonds is 3. The van der Waals surface area contributed by atoms with Crippen molar-refractivity contribution in [1.29, 1.82) is 0 Å². The first-order valence-corrected chi connectivity index (χ1v) is 4.71. The zero-order valence-corrected chi connectivity index (χ0v) is 8.22. The van der Waals surface area contributed by atoms with Crippen molar-refractivity contribution in [2.45, 2.75) is 6.54 Å². The third-order valence-corrected chi connectivity index (χ3v) is 1.96. The van der Waals surface area contributed by atoms with Gasteiger partial charge in [-0.1, -0.05) is 18.2 Å². The second-order valence-electron chi connectivity index (χ2n) is 3.09. The van der Waals surface area contributed by atoms with Crippen molar-refractivity contribution >= 4 is 11.5 Å². The first kappa shape index (κ1) is 9.61. The van der Waals surface area contributed by atoms with Gasteiger partial charge in [0.05, 0.1) is 18.1 Å². The third kappa shape index (κ3) is 2.51. The van der Waals surface area contributed by atoms with E-state index in [1.165, 1.54) is 0 Å². The molecule has 0 aliphatic rings. The molecule has 0 aliphatic carbocycles. The summed E-state index contributed by atoms with van der Waals surface area (Å²) in [6.07, 6.45) is 3.35. The molecule has 1 aromatic carbocycles. The molecule has 1 aromatic heterocycles. The van der Waals surface area contributed by atoms with E-state index in [0.717, 1.165) is 17.2 Å². The number of nitrogens with two attached hydrogens (primary N) is 1. The fraction of sp³-hybridized carbons (Fsp3) is 0.0909. The van der Waals surface area contributed by atoms with Gasteiger partial charge >= 0.3 is 0 Å². The Balaban J connectivity index is 2.11. The van der Waals surface area contributed by atoms with Crippen LogP contribution in [0, 0.1) is 0 Å². The number of nitrogens with zero attached hydrogens (tertiary/aromatic N) is 2. The Bertz CT molecular complexity index is 410. The van der Waals surface area contributed by atoms with Crippen LogP contribution in [0.25, 0.3) is 0 Å². The van der Waals surface area contributed by atoms with E-state index in [2.05, 4.69) is 15.3 Å². The van der Waals surface area contributed by atoms with Gasteiger partial charge < -0.3 is 11.1 Å². The highest BCUT2D eigenvalue weighted by Crippen LogP contribution is 2.12. The van der Waals surface area contributed by atoms with Crippen LogP contribution in [0.1, 0.15) is 5.69 Å². The molecule has 0 fully saturated rings. The van der Waals surface area contributed by atoms with Gasteiger partial charge in [-0.2, -0.15) is 0 Å². The summed E-state index contributed by atoms with van der Waals surface area (Å²) in [7, 11) is 0. The zero-order valence-electron chi connectivity index (χ0n) is 8.22. The average Bonchev–Trinajstić information content (AvgIpc) is 2.31. The maximum Gasteiger partial charge on any atom is 0.148 e. The Morgan fingerprint density at radius 2 is 1.87 bits per heavy atom. The van der Waals surface area contributed by atoms with Crippen molar-refractivity contribution in [3.05, 3.63) is 48.4 Å². The van der Waals surface area contributed by atoms with Gasteiger partial charge in [-0.3, -0.25) is 4.98 Å². The summed E-state index contributed by atoms with van der Waals surface area (Å²) in [6, 6.07) is 9.83. The van der Waals surface area contributed by atoms with Gasteiger partial charge in [-0.15, -0.1) is 0 Å². The molecule has 0 saturated carbocycles. The minimum absolute atomic E-state index is 0.415. The lowest BCUT2D eigenvalue weighted by Crippen LogP contribution is -2.01. The molecular formula is C11H12N4. The van der Waals surface area contributed by atoms with E-state index in [1.54, 1.807) is 12.4 Å². The van der Waals surface area contributed by atoms with Crippen LogP contribution in [0.2, 0.25) is 0 Å². The van der Waals surface area contributed by atoms with Gasteiger partial charge in [0, 0.05) is 12.2 Å². The predicted molar refractivity (Wildman–Crippen MR) is 59.6 cm³/mol. The monoisotopic (exact) mass is 200 g/mol. The first-order valence-electron chi connectivity index (χ1n) is 4.71. The van der Waals surface area contributed by atoms with Crippen molar-refractivity contribution in [1.82, 2.24) is 9.97 Å². The van der Waals surface area contributed by atoms with Crippen LogP contribution in [0.4, 0.5) is 11.5 Å². The molecule has 0 aliphatic heterocycles. The molecule has 0 amide bonds. The van der Waals surface area contributed by atoms with Gasteiger partial charge in [0.2, 0.25) is 0 Å². The summed E-state index contributed by atoms with van der Waals surface area (Å²) in [6.45, 7) is 0.415. The SMILES string of the molecule is NCc1cnc(Nc2ccccc2)cn1. The maximum atomic E-state index is 5.43. The summed E-state index contributed by atoms with van der Waals surface area (Å²) in [4.78, 5) is 8.33. The van der Waals surface area contributed by atoms with E-state index in [0.29, 0.717) is 6.54 Å². The molecule has 76 valence electrons. The molecule has 0 saturated heterocycles. The minimum atomic E-state index is 0.415. The van der Waals surface area contributed by atoms with Crippen molar-refractivity contribution < 1.29 is 0 Å². The van der Waals surface area contributed by atoms with E-state index >= 15 is 0 Å². The fourth-order valence-electron chi connectivity index (χ4n) is 1.19. The van der Waals surface area contributed by atoms with E-state index in [-0.39, 0.29) is 0 Å². The number of hydrogen-bond acceptors (Lipinski definition) is 4. The number of aromatic nitrogens is 2. The highest BCUT2D eigenvalue weighted by molar-refractivity contribution is 5.54. The van der Waals surface area contributed by atoms with Gasteiger partial charge in [0.25, 0.3) is 0 Å². The van der Waals surface area contributed by atoms with Crippen molar-refractivity contribution in [2.24, 2.45) is 5.73 Å². The number of hydrogen-bond donors (Lipinski definition) is 2. The molecule has 4 heteroatoms. The van der Waals surface area contributed by atoms with Gasteiger partial charge in [-0.05, 0) is 12.1 Å². The minimum Gasteiger partial charge on any atom is -0.339 e. The lowest BCUT2D eigenvalue weighted by Gasteiger charge is -2.04. The molecule has 3 N–H and O–H groups in total. The van der Waals surface area contributed by atoms with E-state index < -0.39 is 0 Å². The summed E-state index contributed by atoms with van der Waals surface area (Å²) in [5.41, 5.74) is 7.21. The molecule has 2 rings (SSSR count). The van der Waals surface area contributed by atoms with Crippen LogP contribution in [-0.4, -0.2) is 9.97 Å². The molecule has 0 unspecified atom stereocenters. The largest absolute Gasteiger partial charge is 0.339 e. The molecule has 0 atom stereocenters. The molecular weight excluding hydrogens is 188 g/mol. The van der Waals surface area contributed by atoms with Gasteiger partial charge in [0.15, 0.2) is 0 Å². The van der Waals surface area contributed by atoms with Crippen molar-refractivity contribution in [3.63, 3.8) is 0 Å². The van der Waals surface area contributed by atoms with Crippen LogP contribution >= 0.6 is 0 Å². The number of para-hydroxylation sites is 1. The fourth-order valence-corrected chi connectivity index (χ4v) is 1.19. The van der Waals surface area contributed by atoms with Crippen LogP contribution in [0.3, 0.4) is 0 Å².